The minimum Gasteiger partial charge on any atom is -0.478 e. The first kappa shape index (κ1) is 14.0. The van der Waals surface area contributed by atoms with Crippen LogP contribution in [0.3, 0.4) is 0 Å². The summed E-state index contributed by atoms with van der Waals surface area (Å²) in [6.07, 6.45) is 0.887. The lowest BCUT2D eigenvalue weighted by Gasteiger charge is -2.09. The number of carboxylic acids is 1. The molecule has 0 amide bonds. The number of nitrogens with zero attached hydrogens (tertiary/aromatic N) is 1. The maximum absolute atomic E-state index is 10.9. The summed E-state index contributed by atoms with van der Waals surface area (Å²) in [5.74, 6) is -0.679. The molecule has 0 unspecified atom stereocenters. The third-order valence-electron chi connectivity index (χ3n) is 2.48. The number of hydrogen-bond acceptors (Lipinski definition) is 4. The Morgan fingerprint density at radius 2 is 2.17 bits per heavy atom. The maximum atomic E-state index is 10.9. The lowest BCUT2D eigenvalue weighted by atomic mass is 10.1. The standard InChI is InChI=1S/C12H16N2O4/c1-8(2)5-6-13-10-4-3-9(12(15)16)7-11(10)14(17)18/h3-4,7-8,13H,5-6H2,1-2H3,(H,15,16). The van der Waals surface area contributed by atoms with Crippen LogP contribution in [0.2, 0.25) is 0 Å². The molecule has 2 N–H and O–H groups in total. The van der Waals surface area contributed by atoms with Crippen LogP contribution in [0.25, 0.3) is 0 Å². The van der Waals surface area contributed by atoms with Gasteiger partial charge < -0.3 is 10.4 Å². The number of aromatic carboxylic acids is 1. The van der Waals surface area contributed by atoms with Crippen LogP contribution >= 0.6 is 0 Å². The van der Waals surface area contributed by atoms with Crippen molar-refractivity contribution in [2.75, 3.05) is 11.9 Å². The van der Waals surface area contributed by atoms with Gasteiger partial charge in [0.15, 0.2) is 0 Å². The average Bonchev–Trinajstić information content (AvgIpc) is 2.28. The van der Waals surface area contributed by atoms with Crippen LogP contribution in [0.15, 0.2) is 18.2 Å². The summed E-state index contributed by atoms with van der Waals surface area (Å²) < 4.78 is 0. The molecule has 18 heavy (non-hydrogen) atoms. The molecule has 0 aliphatic heterocycles. The highest BCUT2D eigenvalue weighted by Crippen LogP contribution is 2.25. The lowest BCUT2D eigenvalue weighted by Crippen LogP contribution is -2.07. The number of hydrogen-bond donors (Lipinski definition) is 2. The number of nitro benzene ring substituents is 1. The van der Waals surface area contributed by atoms with Crippen molar-refractivity contribution in [1.29, 1.82) is 0 Å². The molecule has 0 saturated heterocycles. The van der Waals surface area contributed by atoms with E-state index in [-0.39, 0.29) is 11.3 Å². The van der Waals surface area contributed by atoms with E-state index in [0.29, 0.717) is 18.2 Å². The van der Waals surface area contributed by atoms with Crippen LogP contribution in [0, 0.1) is 16.0 Å². The molecule has 1 rings (SSSR count). The van der Waals surface area contributed by atoms with Crippen LogP contribution < -0.4 is 5.32 Å². The number of anilines is 1. The molecule has 0 aromatic heterocycles. The Kier molecular flexibility index (Phi) is 4.65. The third-order valence-corrected chi connectivity index (χ3v) is 2.48. The predicted octanol–water partition coefficient (Wildman–Crippen LogP) is 2.75. The lowest BCUT2D eigenvalue weighted by molar-refractivity contribution is -0.384. The summed E-state index contributed by atoms with van der Waals surface area (Å²) in [6, 6.07) is 3.86. The molecule has 6 nitrogen and oxygen atoms in total. The quantitative estimate of drug-likeness (QED) is 0.599. The van der Waals surface area contributed by atoms with E-state index in [1.54, 1.807) is 0 Å². The van der Waals surface area contributed by atoms with E-state index in [2.05, 4.69) is 19.2 Å². The normalized spacial score (nSPS) is 10.4. The van der Waals surface area contributed by atoms with Gasteiger partial charge in [0.1, 0.15) is 5.69 Å². The van der Waals surface area contributed by atoms with Crippen molar-refractivity contribution < 1.29 is 14.8 Å². The fraction of sp³-hybridized carbons (Fsp3) is 0.417. The SMILES string of the molecule is CC(C)CCNc1ccc(C(=O)O)cc1[N+](=O)[O-]. The van der Waals surface area contributed by atoms with Gasteiger partial charge in [-0.25, -0.2) is 4.79 Å². The summed E-state index contributed by atoms with van der Waals surface area (Å²) >= 11 is 0. The Labute approximate surface area is 105 Å². The van der Waals surface area contributed by atoms with Crippen molar-refractivity contribution in [2.24, 2.45) is 5.92 Å². The second-order valence-corrected chi connectivity index (χ2v) is 4.40. The number of nitro groups is 1. The van der Waals surface area contributed by atoms with Gasteiger partial charge in [0.25, 0.3) is 5.69 Å². The highest BCUT2D eigenvalue weighted by atomic mass is 16.6. The van der Waals surface area contributed by atoms with Gasteiger partial charge in [0, 0.05) is 12.6 Å². The highest BCUT2D eigenvalue weighted by molar-refractivity contribution is 5.89. The number of benzene rings is 1. The number of carboxylic acid groups (broad SMARTS) is 1. The van der Waals surface area contributed by atoms with E-state index in [0.717, 1.165) is 12.5 Å². The molecule has 0 aliphatic rings. The van der Waals surface area contributed by atoms with Gasteiger partial charge in [-0.15, -0.1) is 0 Å². The summed E-state index contributed by atoms with van der Waals surface area (Å²) in [6.45, 7) is 4.73. The first-order valence-electron chi connectivity index (χ1n) is 5.67. The minimum atomic E-state index is -1.17. The molecule has 1 aromatic rings. The Bertz CT molecular complexity index is 457. The Hall–Kier alpha value is -2.11. The molecule has 0 atom stereocenters. The fourth-order valence-electron chi connectivity index (χ4n) is 1.46. The predicted molar refractivity (Wildman–Crippen MR) is 68.0 cm³/mol. The molecule has 6 heteroatoms. The molecule has 0 radical (unpaired) electrons. The molecule has 0 bridgehead atoms. The van der Waals surface area contributed by atoms with Crippen LogP contribution in [-0.2, 0) is 0 Å². The number of nitrogens with one attached hydrogen (secondary N) is 1. The van der Waals surface area contributed by atoms with Crippen molar-refractivity contribution in [3.8, 4) is 0 Å². The largest absolute Gasteiger partial charge is 0.478 e. The zero-order valence-corrected chi connectivity index (χ0v) is 10.3. The second-order valence-electron chi connectivity index (χ2n) is 4.40. The third kappa shape index (κ3) is 3.73. The second kappa shape index (κ2) is 6.00. The molecular formula is C12H16N2O4. The molecule has 0 spiro atoms. The van der Waals surface area contributed by atoms with E-state index < -0.39 is 10.9 Å². The molecule has 0 aliphatic carbocycles. The zero-order valence-electron chi connectivity index (χ0n) is 10.3. The van der Waals surface area contributed by atoms with Crippen LogP contribution in [0.4, 0.5) is 11.4 Å². The van der Waals surface area contributed by atoms with Gasteiger partial charge in [-0.3, -0.25) is 10.1 Å². The van der Waals surface area contributed by atoms with Crippen molar-refractivity contribution in [3.05, 3.63) is 33.9 Å². The Morgan fingerprint density at radius 3 is 2.67 bits per heavy atom. The van der Waals surface area contributed by atoms with Gasteiger partial charge in [0.2, 0.25) is 0 Å². The van der Waals surface area contributed by atoms with Crippen LogP contribution in [-0.4, -0.2) is 22.5 Å². The maximum Gasteiger partial charge on any atom is 0.335 e. The summed E-state index contributed by atoms with van der Waals surface area (Å²) in [4.78, 5) is 21.0. The monoisotopic (exact) mass is 252 g/mol. The van der Waals surface area contributed by atoms with Crippen LogP contribution in [0.5, 0.6) is 0 Å². The Morgan fingerprint density at radius 1 is 1.50 bits per heavy atom. The minimum absolute atomic E-state index is 0.0869. The van der Waals surface area contributed by atoms with Crippen LogP contribution in [0.1, 0.15) is 30.6 Å². The smallest absolute Gasteiger partial charge is 0.335 e. The van der Waals surface area contributed by atoms with Gasteiger partial charge in [0.05, 0.1) is 10.5 Å². The molecule has 0 heterocycles. The first-order valence-corrected chi connectivity index (χ1v) is 5.67. The number of rotatable bonds is 6. The number of carbonyl (C=O) groups is 1. The Balaban J connectivity index is 2.90. The summed E-state index contributed by atoms with van der Waals surface area (Å²) in [5.41, 5.74) is 0.0559. The molecule has 1 aromatic carbocycles. The molecule has 0 fully saturated rings. The average molecular weight is 252 g/mol. The van der Waals surface area contributed by atoms with Gasteiger partial charge >= 0.3 is 5.97 Å². The zero-order chi connectivity index (χ0) is 13.7. The van der Waals surface area contributed by atoms with Gasteiger partial charge in [-0.05, 0) is 24.5 Å². The highest BCUT2D eigenvalue weighted by Gasteiger charge is 2.16. The molecule has 98 valence electrons. The molecule has 0 saturated carbocycles. The summed E-state index contributed by atoms with van der Waals surface area (Å²) in [7, 11) is 0. The van der Waals surface area contributed by atoms with Crippen molar-refractivity contribution in [2.45, 2.75) is 20.3 Å². The van der Waals surface area contributed by atoms with E-state index >= 15 is 0 Å². The fourth-order valence-corrected chi connectivity index (χ4v) is 1.46. The van der Waals surface area contributed by atoms with E-state index in [4.69, 9.17) is 5.11 Å². The molecular weight excluding hydrogens is 236 g/mol. The van der Waals surface area contributed by atoms with E-state index in [1.165, 1.54) is 12.1 Å². The van der Waals surface area contributed by atoms with E-state index in [1.807, 2.05) is 0 Å². The topological polar surface area (TPSA) is 92.5 Å². The van der Waals surface area contributed by atoms with Gasteiger partial charge in [-0.2, -0.15) is 0 Å². The van der Waals surface area contributed by atoms with Crippen molar-refractivity contribution in [1.82, 2.24) is 0 Å². The van der Waals surface area contributed by atoms with E-state index in [9.17, 15) is 14.9 Å². The first-order chi connectivity index (χ1) is 8.41. The van der Waals surface area contributed by atoms with Crippen molar-refractivity contribution >= 4 is 17.3 Å². The summed E-state index contributed by atoms with van der Waals surface area (Å²) in [5, 5.41) is 22.6. The van der Waals surface area contributed by atoms with Crippen molar-refractivity contribution in [3.63, 3.8) is 0 Å². The van der Waals surface area contributed by atoms with Gasteiger partial charge in [-0.1, -0.05) is 13.8 Å².